The number of hydrogen-bond acceptors (Lipinski definition) is 5. The van der Waals surface area contributed by atoms with E-state index in [1.54, 1.807) is 12.0 Å². The molecule has 2 aromatic rings. The molecule has 1 amide bonds. The van der Waals surface area contributed by atoms with Gasteiger partial charge in [0.15, 0.2) is 5.69 Å². The number of hydrogen-bond donors (Lipinski definition) is 0. The summed E-state index contributed by atoms with van der Waals surface area (Å²) in [7, 11) is 1.70. The maximum absolute atomic E-state index is 12.5. The molecule has 0 bridgehead atoms. The van der Waals surface area contributed by atoms with Gasteiger partial charge in [-0.2, -0.15) is 0 Å². The zero-order valence-corrected chi connectivity index (χ0v) is 17.4. The van der Waals surface area contributed by atoms with E-state index in [0.29, 0.717) is 18.8 Å². The van der Waals surface area contributed by atoms with Crippen LogP contribution in [0.3, 0.4) is 0 Å². The van der Waals surface area contributed by atoms with Gasteiger partial charge in [-0.05, 0) is 57.4 Å². The van der Waals surface area contributed by atoms with Crippen molar-refractivity contribution in [2.75, 3.05) is 33.3 Å². The smallest absolute Gasteiger partial charge is 0.276 e. The Morgan fingerprint density at radius 1 is 1.32 bits per heavy atom. The fourth-order valence-electron chi connectivity index (χ4n) is 3.91. The number of piperidine rings is 1. The van der Waals surface area contributed by atoms with Crippen molar-refractivity contribution >= 4 is 5.91 Å². The molecule has 152 valence electrons. The van der Waals surface area contributed by atoms with Crippen LogP contribution in [-0.2, 0) is 6.54 Å². The zero-order valence-electron chi connectivity index (χ0n) is 17.4. The summed E-state index contributed by atoms with van der Waals surface area (Å²) in [4.78, 5) is 16.7. The van der Waals surface area contributed by atoms with Crippen molar-refractivity contribution in [3.05, 3.63) is 41.2 Å². The fraction of sp³-hybridized carbons (Fsp3) is 0.571. The number of carbonyl (C=O) groups excluding carboxylic acids is 1. The van der Waals surface area contributed by atoms with Crippen molar-refractivity contribution < 1.29 is 9.53 Å². The second-order valence-corrected chi connectivity index (χ2v) is 7.40. The average Bonchev–Trinajstić information content (AvgIpc) is 3.19. The van der Waals surface area contributed by atoms with Crippen LogP contribution >= 0.6 is 0 Å². The molecule has 0 spiro atoms. The van der Waals surface area contributed by atoms with E-state index in [0.717, 1.165) is 43.8 Å². The number of benzene rings is 1. The molecule has 1 aliphatic heterocycles. The lowest BCUT2D eigenvalue weighted by Gasteiger charge is -2.32. The van der Waals surface area contributed by atoms with Crippen LogP contribution in [0.15, 0.2) is 24.4 Å². The van der Waals surface area contributed by atoms with Gasteiger partial charge in [-0.1, -0.05) is 17.3 Å². The van der Waals surface area contributed by atoms with Crippen LogP contribution in [0.25, 0.3) is 0 Å². The van der Waals surface area contributed by atoms with Crippen molar-refractivity contribution in [1.82, 2.24) is 24.8 Å². The maximum Gasteiger partial charge on any atom is 0.276 e. The molecule has 0 radical (unpaired) electrons. The van der Waals surface area contributed by atoms with Gasteiger partial charge in [-0.15, -0.1) is 5.10 Å². The Hall–Kier alpha value is -2.41. The molecular weight excluding hydrogens is 354 g/mol. The summed E-state index contributed by atoms with van der Waals surface area (Å²) in [5.74, 6) is 0.880. The van der Waals surface area contributed by atoms with Gasteiger partial charge >= 0.3 is 0 Å². The van der Waals surface area contributed by atoms with E-state index in [9.17, 15) is 4.79 Å². The Kier molecular flexibility index (Phi) is 6.67. The Balaban J connectivity index is 1.65. The van der Waals surface area contributed by atoms with Gasteiger partial charge in [0.1, 0.15) is 5.75 Å². The topological polar surface area (TPSA) is 63.5 Å². The lowest BCUT2D eigenvalue weighted by Crippen LogP contribution is -2.36. The van der Waals surface area contributed by atoms with Crippen LogP contribution in [0.1, 0.15) is 54.3 Å². The van der Waals surface area contributed by atoms with E-state index in [1.165, 1.54) is 5.56 Å². The summed E-state index contributed by atoms with van der Waals surface area (Å²) >= 11 is 0. The van der Waals surface area contributed by atoms with Crippen molar-refractivity contribution in [1.29, 1.82) is 0 Å². The number of rotatable bonds is 7. The Labute approximate surface area is 167 Å². The van der Waals surface area contributed by atoms with Crippen LogP contribution in [0.5, 0.6) is 5.75 Å². The average molecular weight is 386 g/mol. The van der Waals surface area contributed by atoms with E-state index >= 15 is 0 Å². The first-order valence-corrected chi connectivity index (χ1v) is 10.1. The van der Waals surface area contributed by atoms with Crippen LogP contribution in [-0.4, -0.2) is 64.0 Å². The summed E-state index contributed by atoms with van der Waals surface area (Å²) in [5.41, 5.74) is 2.88. The molecule has 7 nitrogen and oxygen atoms in total. The zero-order chi connectivity index (χ0) is 20.1. The molecular formula is C21H31N5O2. The standard InChI is InChI=1S/C21H31N5O2/c1-5-25(6-2)21(27)19-15-26(23-22-19)18-8-7-11-24(14-18)13-17-9-10-20(28-4)16(3)12-17/h9-10,12,15,18H,5-8,11,13-14H2,1-4H3/t18-/m0/s1. The third kappa shape index (κ3) is 4.52. The van der Waals surface area contributed by atoms with E-state index < -0.39 is 0 Å². The second-order valence-electron chi connectivity index (χ2n) is 7.40. The number of methoxy groups -OCH3 is 1. The quantitative estimate of drug-likeness (QED) is 0.733. The molecule has 1 aliphatic rings. The highest BCUT2D eigenvalue weighted by Crippen LogP contribution is 2.24. The molecule has 3 rings (SSSR count). The fourth-order valence-corrected chi connectivity index (χ4v) is 3.91. The lowest BCUT2D eigenvalue weighted by atomic mass is 10.0. The normalized spacial score (nSPS) is 17.5. The highest BCUT2D eigenvalue weighted by Gasteiger charge is 2.24. The predicted molar refractivity (Wildman–Crippen MR) is 109 cm³/mol. The van der Waals surface area contributed by atoms with E-state index in [-0.39, 0.29) is 11.9 Å². The number of aromatic nitrogens is 3. The molecule has 1 aromatic carbocycles. The van der Waals surface area contributed by atoms with E-state index in [4.69, 9.17) is 4.74 Å². The van der Waals surface area contributed by atoms with Crippen LogP contribution in [0.4, 0.5) is 0 Å². The van der Waals surface area contributed by atoms with Gasteiger partial charge < -0.3 is 9.64 Å². The Morgan fingerprint density at radius 3 is 2.79 bits per heavy atom. The minimum Gasteiger partial charge on any atom is -0.496 e. The number of ether oxygens (including phenoxy) is 1. The molecule has 0 N–H and O–H groups in total. The summed E-state index contributed by atoms with van der Waals surface area (Å²) < 4.78 is 7.23. The maximum atomic E-state index is 12.5. The first kappa shape index (κ1) is 20.3. The monoisotopic (exact) mass is 385 g/mol. The molecule has 1 atom stereocenters. The van der Waals surface area contributed by atoms with Crippen LogP contribution in [0, 0.1) is 6.92 Å². The summed E-state index contributed by atoms with van der Waals surface area (Å²) in [5, 5.41) is 8.40. The van der Waals surface area contributed by atoms with Crippen molar-refractivity contribution in [2.24, 2.45) is 0 Å². The molecule has 1 aromatic heterocycles. The summed E-state index contributed by atoms with van der Waals surface area (Å²) in [6.07, 6.45) is 3.98. The summed E-state index contributed by atoms with van der Waals surface area (Å²) in [6.45, 7) is 10.3. The van der Waals surface area contributed by atoms with E-state index in [1.807, 2.05) is 30.8 Å². The Morgan fingerprint density at radius 2 is 2.11 bits per heavy atom. The number of likely N-dealkylation sites (tertiary alicyclic amines) is 1. The third-order valence-corrected chi connectivity index (χ3v) is 5.50. The minimum atomic E-state index is -0.0439. The second kappa shape index (κ2) is 9.19. The third-order valence-electron chi connectivity index (χ3n) is 5.50. The molecule has 0 unspecified atom stereocenters. The van der Waals surface area contributed by atoms with Crippen LogP contribution in [0.2, 0.25) is 0 Å². The molecule has 1 saturated heterocycles. The molecule has 28 heavy (non-hydrogen) atoms. The Bertz CT molecular complexity index is 800. The first-order chi connectivity index (χ1) is 13.5. The number of aryl methyl sites for hydroxylation is 1. The molecule has 2 heterocycles. The van der Waals surface area contributed by atoms with Gasteiger partial charge in [0.05, 0.1) is 19.3 Å². The molecule has 0 aliphatic carbocycles. The van der Waals surface area contributed by atoms with E-state index in [2.05, 4.69) is 34.3 Å². The van der Waals surface area contributed by atoms with Crippen LogP contribution < -0.4 is 4.74 Å². The van der Waals surface area contributed by atoms with Gasteiger partial charge in [0, 0.05) is 26.2 Å². The van der Waals surface area contributed by atoms with Crippen molar-refractivity contribution in [3.63, 3.8) is 0 Å². The SMILES string of the molecule is CCN(CC)C(=O)c1cn([C@H]2CCCN(Cc3ccc(OC)c(C)c3)C2)nn1. The number of amides is 1. The van der Waals surface area contributed by atoms with Gasteiger partial charge in [0.2, 0.25) is 0 Å². The molecule has 7 heteroatoms. The van der Waals surface area contributed by atoms with Gasteiger partial charge in [-0.25, -0.2) is 4.68 Å². The number of carbonyl (C=O) groups is 1. The van der Waals surface area contributed by atoms with Gasteiger partial charge in [0.25, 0.3) is 5.91 Å². The lowest BCUT2D eigenvalue weighted by molar-refractivity contribution is 0.0767. The number of nitrogens with zero attached hydrogens (tertiary/aromatic N) is 5. The summed E-state index contributed by atoms with van der Waals surface area (Å²) in [6, 6.07) is 6.61. The highest BCUT2D eigenvalue weighted by molar-refractivity contribution is 5.91. The minimum absolute atomic E-state index is 0.0439. The predicted octanol–water partition coefficient (Wildman–Crippen LogP) is 2.91. The van der Waals surface area contributed by atoms with Crippen molar-refractivity contribution in [2.45, 2.75) is 46.2 Å². The highest BCUT2D eigenvalue weighted by atomic mass is 16.5. The van der Waals surface area contributed by atoms with Crippen molar-refractivity contribution in [3.8, 4) is 5.75 Å². The largest absolute Gasteiger partial charge is 0.496 e. The molecule has 1 fully saturated rings. The first-order valence-electron chi connectivity index (χ1n) is 10.1. The molecule has 0 saturated carbocycles. The van der Waals surface area contributed by atoms with Gasteiger partial charge in [-0.3, -0.25) is 9.69 Å².